The van der Waals surface area contributed by atoms with Crippen LogP contribution in [0.3, 0.4) is 0 Å². The molecule has 0 saturated carbocycles. The summed E-state index contributed by atoms with van der Waals surface area (Å²) in [5.41, 5.74) is 1.17. The van der Waals surface area contributed by atoms with Gasteiger partial charge in [0.25, 0.3) is 5.89 Å². The molecule has 23 heavy (non-hydrogen) atoms. The number of carbonyl (C=O) groups excluding carboxylic acids is 1. The molecule has 2 aromatic heterocycles. The molecule has 0 fully saturated rings. The molecule has 0 saturated heterocycles. The van der Waals surface area contributed by atoms with Crippen LogP contribution in [0, 0.1) is 0 Å². The highest BCUT2D eigenvalue weighted by Gasteiger charge is 2.20. The summed E-state index contributed by atoms with van der Waals surface area (Å²) >= 11 is 3.32. The van der Waals surface area contributed by atoms with E-state index in [0.29, 0.717) is 11.4 Å². The molecule has 0 aliphatic heterocycles. The predicted octanol–water partition coefficient (Wildman–Crippen LogP) is 3.81. The molecule has 7 heteroatoms. The van der Waals surface area contributed by atoms with Crippen LogP contribution in [0.15, 0.2) is 57.8 Å². The second-order valence-electron chi connectivity index (χ2n) is 4.76. The first-order chi connectivity index (χ1) is 11.1. The van der Waals surface area contributed by atoms with Crippen molar-refractivity contribution in [1.82, 2.24) is 15.1 Å². The second-order valence-corrected chi connectivity index (χ2v) is 5.67. The van der Waals surface area contributed by atoms with E-state index in [0.717, 1.165) is 10.0 Å². The van der Waals surface area contributed by atoms with Crippen molar-refractivity contribution in [3.8, 4) is 11.4 Å². The lowest BCUT2D eigenvalue weighted by Crippen LogP contribution is -2.09. The predicted molar refractivity (Wildman–Crippen MR) is 85.5 cm³/mol. The monoisotopic (exact) mass is 373 g/mol. The summed E-state index contributed by atoms with van der Waals surface area (Å²) in [5, 5.41) is 3.88. The SMILES string of the molecule is CC(OC(=O)c1cccc(Br)c1)c1nc(-c2cccnc2)no1. The minimum Gasteiger partial charge on any atom is -0.449 e. The van der Waals surface area contributed by atoms with Gasteiger partial charge in [0.15, 0.2) is 6.10 Å². The van der Waals surface area contributed by atoms with E-state index >= 15 is 0 Å². The molecule has 0 aliphatic carbocycles. The molecule has 3 rings (SSSR count). The topological polar surface area (TPSA) is 78.1 Å². The highest BCUT2D eigenvalue weighted by Crippen LogP contribution is 2.21. The average Bonchev–Trinajstić information content (AvgIpc) is 3.06. The van der Waals surface area contributed by atoms with Gasteiger partial charge in [0.2, 0.25) is 5.82 Å². The van der Waals surface area contributed by atoms with Gasteiger partial charge in [-0.1, -0.05) is 27.2 Å². The number of hydrogen-bond acceptors (Lipinski definition) is 6. The summed E-state index contributed by atoms with van der Waals surface area (Å²) in [4.78, 5) is 20.4. The lowest BCUT2D eigenvalue weighted by Gasteiger charge is -2.09. The highest BCUT2D eigenvalue weighted by molar-refractivity contribution is 9.10. The molecule has 116 valence electrons. The molecular weight excluding hydrogens is 362 g/mol. The molecule has 3 aromatic rings. The van der Waals surface area contributed by atoms with Crippen molar-refractivity contribution in [3.63, 3.8) is 0 Å². The van der Waals surface area contributed by atoms with Crippen LogP contribution in [-0.2, 0) is 4.74 Å². The summed E-state index contributed by atoms with van der Waals surface area (Å²) in [6.45, 7) is 1.68. The van der Waals surface area contributed by atoms with Crippen LogP contribution in [0.1, 0.15) is 29.3 Å². The van der Waals surface area contributed by atoms with Crippen LogP contribution in [0.2, 0.25) is 0 Å². The number of carbonyl (C=O) groups is 1. The zero-order valence-electron chi connectivity index (χ0n) is 12.1. The molecule has 2 heterocycles. The normalized spacial score (nSPS) is 11.9. The minimum absolute atomic E-state index is 0.229. The Morgan fingerprint density at radius 2 is 2.17 bits per heavy atom. The van der Waals surface area contributed by atoms with Crippen molar-refractivity contribution in [1.29, 1.82) is 0 Å². The Morgan fingerprint density at radius 1 is 1.30 bits per heavy atom. The maximum atomic E-state index is 12.1. The average molecular weight is 374 g/mol. The van der Waals surface area contributed by atoms with E-state index in [4.69, 9.17) is 9.26 Å². The van der Waals surface area contributed by atoms with Gasteiger partial charge in [-0.15, -0.1) is 0 Å². The lowest BCUT2D eigenvalue weighted by atomic mass is 10.2. The Kier molecular flexibility index (Phi) is 4.47. The van der Waals surface area contributed by atoms with Crippen molar-refractivity contribution in [2.24, 2.45) is 0 Å². The Balaban J connectivity index is 1.73. The van der Waals surface area contributed by atoms with E-state index in [-0.39, 0.29) is 5.89 Å². The number of pyridine rings is 1. The largest absolute Gasteiger partial charge is 0.449 e. The molecular formula is C16H12BrN3O3. The Hall–Kier alpha value is -2.54. The van der Waals surface area contributed by atoms with Gasteiger partial charge in [-0.2, -0.15) is 4.98 Å². The molecule has 0 amide bonds. The van der Waals surface area contributed by atoms with E-state index in [2.05, 4.69) is 31.1 Å². The molecule has 0 spiro atoms. The summed E-state index contributed by atoms with van der Waals surface area (Å²) in [5.74, 6) is 0.172. The van der Waals surface area contributed by atoms with Gasteiger partial charge in [0, 0.05) is 22.4 Å². The smallest absolute Gasteiger partial charge is 0.338 e. The number of rotatable bonds is 4. The van der Waals surface area contributed by atoms with Gasteiger partial charge < -0.3 is 9.26 Å². The van der Waals surface area contributed by atoms with Crippen molar-refractivity contribution in [3.05, 3.63) is 64.7 Å². The van der Waals surface area contributed by atoms with E-state index < -0.39 is 12.1 Å². The summed E-state index contributed by atoms with van der Waals surface area (Å²) in [6.07, 6.45) is 2.64. The number of benzene rings is 1. The summed E-state index contributed by atoms with van der Waals surface area (Å²) < 4.78 is 11.3. The second kappa shape index (κ2) is 6.70. The molecule has 0 N–H and O–H groups in total. The number of ether oxygens (including phenoxy) is 1. The van der Waals surface area contributed by atoms with Gasteiger partial charge in [-0.3, -0.25) is 4.98 Å². The quantitative estimate of drug-likeness (QED) is 0.647. The Bertz CT molecular complexity index is 820. The van der Waals surface area contributed by atoms with Crippen LogP contribution in [0.25, 0.3) is 11.4 Å². The lowest BCUT2D eigenvalue weighted by molar-refractivity contribution is 0.0265. The van der Waals surface area contributed by atoms with E-state index in [1.807, 2.05) is 12.1 Å². The fourth-order valence-electron chi connectivity index (χ4n) is 1.91. The molecule has 0 radical (unpaired) electrons. The summed E-state index contributed by atoms with van der Waals surface area (Å²) in [7, 11) is 0. The summed E-state index contributed by atoms with van der Waals surface area (Å²) in [6, 6.07) is 10.6. The van der Waals surface area contributed by atoms with Crippen LogP contribution < -0.4 is 0 Å². The van der Waals surface area contributed by atoms with E-state index in [1.165, 1.54) is 0 Å². The number of nitrogens with zero attached hydrogens (tertiary/aromatic N) is 3. The number of aromatic nitrogens is 3. The minimum atomic E-state index is -0.653. The first-order valence-electron chi connectivity index (χ1n) is 6.84. The Labute approximate surface area is 140 Å². The number of hydrogen-bond donors (Lipinski definition) is 0. The fraction of sp³-hybridized carbons (Fsp3) is 0.125. The molecule has 1 aromatic carbocycles. The van der Waals surface area contributed by atoms with Crippen LogP contribution in [0.4, 0.5) is 0 Å². The zero-order chi connectivity index (χ0) is 16.2. The van der Waals surface area contributed by atoms with Gasteiger partial charge in [-0.05, 0) is 37.3 Å². The molecule has 0 bridgehead atoms. The van der Waals surface area contributed by atoms with Gasteiger partial charge in [-0.25, -0.2) is 4.79 Å². The van der Waals surface area contributed by atoms with Gasteiger partial charge in [0.1, 0.15) is 0 Å². The number of halogens is 1. The van der Waals surface area contributed by atoms with E-state index in [1.54, 1.807) is 43.6 Å². The third-order valence-corrected chi connectivity index (χ3v) is 3.55. The van der Waals surface area contributed by atoms with Crippen LogP contribution in [0.5, 0.6) is 0 Å². The molecule has 0 aliphatic rings. The van der Waals surface area contributed by atoms with E-state index in [9.17, 15) is 4.79 Å². The van der Waals surface area contributed by atoms with Crippen LogP contribution in [-0.4, -0.2) is 21.1 Å². The standard InChI is InChI=1S/C16H12BrN3O3/c1-10(22-16(21)11-4-2-6-13(17)8-11)15-19-14(20-23-15)12-5-3-7-18-9-12/h2-10H,1H3. The first kappa shape index (κ1) is 15.4. The fourth-order valence-corrected chi connectivity index (χ4v) is 2.31. The maximum absolute atomic E-state index is 12.1. The van der Waals surface area contributed by atoms with Gasteiger partial charge in [0.05, 0.1) is 5.56 Å². The van der Waals surface area contributed by atoms with Crippen molar-refractivity contribution in [2.75, 3.05) is 0 Å². The highest BCUT2D eigenvalue weighted by atomic mass is 79.9. The van der Waals surface area contributed by atoms with Gasteiger partial charge >= 0.3 is 5.97 Å². The molecule has 1 atom stereocenters. The van der Waals surface area contributed by atoms with Crippen molar-refractivity contribution < 1.29 is 14.1 Å². The maximum Gasteiger partial charge on any atom is 0.338 e. The van der Waals surface area contributed by atoms with Crippen molar-refractivity contribution >= 4 is 21.9 Å². The number of esters is 1. The molecule has 1 unspecified atom stereocenters. The third kappa shape index (κ3) is 3.62. The molecule has 6 nitrogen and oxygen atoms in total. The van der Waals surface area contributed by atoms with Crippen molar-refractivity contribution in [2.45, 2.75) is 13.0 Å². The first-order valence-corrected chi connectivity index (χ1v) is 7.63. The third-order valence-electron chi connectivity index (χ3n) is 3.05. The zero-order valence-corrected chi connectivity index (χ0v) is 13.7. The van der Waals surface area contributed by atoms with Crippen LogP contribution >= 0.6 is 15.9 Å². The Morgan fingerprint density at radius 3 is 2.91 bits per heavy atom.